The van der Waals surface area contributed by atoms with E-state index in [0.29, 0.717) is 23.6 Å². The summed E-state index contributed by atoms with van der Waals surface area (Å²) in [5.41, 5.74) is 0.761. The normalized spacial score (nSPS) is 24.7. The fraction of sp³-hybridized carbons (Fsp3) is 0.550. The Hall–Kier alpha value is -2.37. The van der Waals surface area contributed by atoms with E-state index in [0.717, 1.165) is 25.9 Å². The Balaban J connectivity index is 1.60. The third-order valence-corrected chi connectivity index (χ3v) is 5.09. The van der Waals surface area contributed by atoms with E-state index in [1.54, 1.807) is 31.2 Å². The molecule has 1 aromatic rings. The number of rotatable bonds is 5. The molecule has 3 unspecified atom stereocenters. The number of hydrogen-bond acceptors (Lipinski definition) is 4. The Bertz CT molecular complexity index is 703. The molecule has 2 amide bonds. The number of anilines is 1. The first-order chi connectivity index (χ1) is 12.5. The van der Waals surface area contributed by atoms with E-state index in [1.165, 1.54) is 0 Å². The number of piperidine rings is 1. The summed E-state index contributed by atoms with van der Waals surface area (Å²) in [6.07, 6.45) is 2.77. The third-order valence-electron chi connectivity index (χ3n) is 5.09. The van der Waals surface area contributed by atoms with Crippen LogP contribution in [0.2, 0.25) is 0 Å². The summed E-state index contributed by atoms with van der Waals surface area (Å²) >= 11 is 0. The van der Waals surface area contributed by atoms with Gasteiger partial charge in [-0.1, -0.05) is 19.1 Å². The zero-order chi connectivity index (χ0) is 18.7. The molecule has 2 fully saturated rings. The molecule has 1 saturated carbocycles. The van der Waals surface area contributed by atoms with Crippen LogP contribution in [0.1, 0.15) is 43.5 Å². The third kappa shape index (κ3) is 4.06. The molecule has 1 heterocycles. The summed E-state index contributed by atoms with van der Waals surface area (Å²) in [7, 11) is 0. The minimum absolute atomic E-state index is 0.0929. The van der Waals surface area contributed by atoms with Gasteiger partial charge in [-0.15, -0.1) is 0 Å². The molecule has 6 nitrogen and oxygen atoms in total. The van der Waals surface area contributed by atoms with Crippen molar-refractivity contribution in [3.05, 3.63) is 29.8 Å². The van der Waals surface area contributed by atoms with Crippen LogP contribution in [0.15, 0.2) is 24.3 Å². The Morgan fingerprint density at radius 1 is 1.23 bits per heavy atom. The maximum absolute atomic E-state index is 12.6. The second-order valence-electron chi connectivity index (χ2n) is 7.24. The van der Waals surface area contributed by atoms with Crippen molar-refractivity contribution in [3.63, 3.8) is 0 Å². The van der Waals surface area contributed by atoms with Crippen molar-refractivity contribution < 1.29 is 19.1 Å². The van der Waals surface area contributed by atoms with Gasteiger partial charge in [0.1, 0.15) is 0 Å². The second-order valence-corrected chi connectivity index (χ2v) is 7.24. The molecule has 0 bridgehead atoms. The van der Waals surface area contributed by atoms with Gasteiger partial charge >= 0.3 is 5.97 Å². The van der Waals surface area contributed by atoms with Gasteiger partial charge in [0.2, 0.25) is 11.8 Å². The number of hydrogen-bond donors (Lipinski definition) is 1. The Morgan fingerprint density at radius 3 is 2.73 bits per heavy atom. The molecule has 1 aliphatic heterocycles. The monoisotopic (exact) mass is 358 g/mol. The highest BCUT2D eigenvalue weighted by Crippen LogP contribution is 2.41. The molecule has 2 aliphatic rings. The van der Waals surface area contributed by atoms with Crippen molar-refractivity contribution in [2.45, 2.75) is 33.1 Å². The van der Waals surface area contributed by atoms with E-state index in [2.05, 4.69) is 12.2 Å². The molecule has 26 heavy (non-hydrogen) atoms. The molecule has 1 aliphatic carbocycles. The quantitative estimate of drug-likeness (QED) is 0.821. The maximum Gasteiger partial charge on any atom is 0.340 e. The summed E-state index contributed by atoms with van der Waals surface area (Å²) in [5, 5.41) is 2.80. The summed E-state index contributed by atoms with van der Waals surface area (Å²) in [6, 6.07) is 6.78. The summed E-state index contributed by atoms with van der Waals surface area (Å²) in [6.45, 7) is 5.74. The molecular formula is C20H26N2O4. The van der Waals surface area contributed by atoms with Crippen LogP contribution in [0.4, 0.5) is 5.69 Å². The highest BCUT2D eigenvalue weighted by atomic mass is 16.5. The minimum atomic E-state index is -0.464. The van der Waals surface area contributed by atoms with Crippen molar-refractivity contribution in [3.8, 4) is 0 Å². The lowest BCUT2D eigenvalue weighted by Gasteiger charge is -2.31. The van der Waals surface area contributed by atoms with Crippen LogP contribution < -0.4 is 5.32 Å². The van der Waals surface area contributed by atoms with Crippen LogP contribution in [-0.2, 0) is 14.3 Å². The van der Waals surface area contributed by atoms with Gasteiger partial charge in [-0.2, -0.15) is 0 Å². The zero-order valence-electron chi connectivity index (χ0n) is 15.4. The molecule has 140 valence electrons. The number of nitrogens with one attached hydrogen (secondary N) is 1. The SMILES string of the molecule is CCOC(=O)c1ccccc1NC(=O)C1CC1C(=O)N1CCCC(C)C1. The van der Waals surface area contributed by atoms with Gasteiger partial charge in [-0.3, -0.25) is 9.59 Å². The number of amides is 2. The van der Waals surface area contributed by atoms with E-state index in [1.807, 2.05) is 4.90 Å². The number of likely N-dealkylation sites (tertiary alicyclic amines) is 1. The van der Waals surface area contributed by atoms with E-state index in [-0.39, 0.29) is 30.3 Å². The molecule has 1 N–H and O–H groups in total. The van der Waals surface area contributed by atoms with Crippen molar-refractivity contribution in [2.75, 3.05) is 25.0 Å². The molecule has 0 radical (unpaired) electrons. The van der Waals surface area contributed by atoms with Crippen molar-refractivity contribution in [1.29, 1.82) is 0 Å². The first-order valence-corrected chi connectivity index (χ1v) is 9.37. The first kappa shape index (κ1) is 18.4. The number of carbonyl (C=O) groups is 3. The van der Waals surface area contributed by atoms with Crippen LogP contribution in [-0.4, -0.2) is 42.4 Å². The molecule has 0 spiro atoms. The number of esters is 1. The number of nitrogens with zero attached hydrogens (tertiary/aromatic N) is 1. The lowest BCUT2D eigenvalue weighted by molar-refractivity contribution is -0.135. The van der Waals surface area contributed by atoms with Crippen LogP contribution in [0, 0.1) is 17.8 Å². The minimum Gasteiger partial charge on any atom is -0.462 e. The molecule has 6 heteroatoms. The van der Waals surface area contributed by atoms with Gasteiger partial charge in [0.05, 0.1) is 29.7 Å². The Kier molecular flexibility index (Phi) is 5.59. The summed E-state index contributed by atoms with van der Waals surface area (Å²) in [5.74, 6) is -0.588. The highest BCUT2D eigenvalue weighted by molar-refractivity contribution is 6.04. The predicted octanol–water partition coefficient (Wildman–Crippen LogP) is 2.70. The fourth-order valence-corrected chi connectivity index (χ4v) is 3.59. The van der Waals surface area contributed by atoms with Gasteiger partial charge in [-0.05, 0) is 44.2 Å². The largest absolute Gasteiger partial charge is 0.462 e. The first-order valence-electron chi connectivity index (χ1n) is 9.37. The topological polar surface area (TPSA) is 75.7 Å². The van der Waals surface area contributed by atoms with E-state index >= 15 is 0 Å². The van der Waals surface area contributed by atoms with Gasteiger partial charge in [-0.25, -0.2) is 4.79 Å². The highest BCUT2D eigenvalue weighted by Gasteiger charge is 2.49. The molecule has 0 aromatic heterocycles. The molecule has 3 atom stereocenters. The zero-order valence-corrected chi connectivity index (χ0v) is 15.4. The summed E-state index contributed by atoms with van der Waals surface area (Å²) < 4.78 is 5.02. The van der Waals surface area contributed by atoms with E-state index < -0.39 is 5.97 Å². The molecular weight excluding hydrogens is 332 g/mol. The number of para-hydroxylation sites is 1. The average Bonchev–Trinajstić information content (AvgIpc) is 3.42. The van der Waals surface area contributed by atoms with Crippen LogP contribution in [0.25, 0.3) is 0 Å². The van der Waals surface area contributed by atoms with E-state index in [4.69, 9.17) is 4.74 Å². The Morgan fingerprint density at radius 2 is 2.00 bits per heavy atom. The van der Waals surface area contributed by atoms with Crippen LogP contribution in [0.3, 0.4) is 0 Å². The lowest BCUT2D eigenvalue weighted by Crippen LogP contribution is -2.40. The van der Waals surface area contributed by atoms with Crippen LogP contribution in [0.5, 0.6) is 0 Å². The smallest absolute Gasteiger partial charge is 0.340 e. The standard InChI is InChI=1S/C20H26N2O4/c1-3-26-20(25)14-8-4-5-9-17(14)21-18(23)15-11-16(15)19(24)22-10-6-7-13(2)12-22/h4-5,8-9,13,15-16H,3,6-7,10-12H2,1-2H3,(H,21,23). The number of benzene rings is 1. The van der Waals surface area contributed by atoms with Gasteiger partial charge < -0.3 is 15.0 Å². The lowest BCUT2D eigenvalue weighted by atomic mass is 10.00. The molecule has 1 aromatic carbocycles. The van der Waals surface area contributed by atoms with Gasteiger partial charge in [0.25, 0.3) is 0 Å². The molecule has 3 rings (SSSR count). The molecule has 1 saturated heterocycles. The summed E-state index contributed by atoms with van der Waals surface area (Å²) in [4.78, 5) is 39.1. The predicted molar refractivity (Wildman–Crippen MR) is 97.6 cm³/mol. The van der Waals surface area contributed by atoms with E-state index in [9.17, 15) is 14.4 Å². The van der Waals surface area contributed by atoms with Gasteiger partial charge in [0.15, 0.2) is 0 Å². The van der Waals surface area contributed by atoms with Crippen LogP contribution >= 0.6 is 0 Å². The average molecular weight is 358 g/mol. The number of carbonyl (C=O) groups excluding carboxylic acids is 3. The van der Waals surface area contributed by atoms with Crippen molar-refractivity contribution in [1.82, 2.24) is 4.90 Å². The van der Waals surface area contributed by atoms with Crippen molar-refractivity contribution in [2.24, 2.45) is 17.8 Å². The maximum atomic E-state index is 12.6. The fourth-order valence-electron chi connectivity index (χ4n) is 3.59. The number of ether oxygens (including phenoxy) is 1. The van der Waals surface area contributed by atoms with Crippen molar-refractivity contribution >= 4 is 23.5 Å². The van der Waals surface area contributed by atoms with Gasteiger partial charge in [0, 0.05) is 13.1 Å². The second kappa shape index (κ2) is 7.89. The Labute approximate surface area is 153 Å².